The minimum absolute atomic E-state index is 0.311. The van der Waals surface area contributed by atoms with Crippen LogP contribution in [0.5, 0.6) is 5.75 Å². The Morgan fingerprint density at radius 1 is 1.23 bits per heavy atom. The molecule has 0 saturated carbocycles. The minimum atomic E-state index is -0.311. The molecule has 0 radical (unpaired) electrons. The molecule has 152 valence electrons. The maximum atomic E-state index is 12.4. The van der Waals surface area contributed by atoms with Gasteiger partial charge in [0.25, 0.3) is 0 Å². The lowest BCUT2D eigenvalue weighted by Crippen LogP contribution is -2.09. The molecule has 0 aliphatic rings. The van der Waals surface area contributed by atoms with Crippen LogP contribution in [0.3, 0.4) is 0 Å². The summed E-state index contributed by atoms with van der Waals surface area (Å²) < 4.78 is 16.3. The van der Waals surface area contributed by atoms with Crippen molar-refractivity contribution in [3.63, 3.8) is 0 Å². The first-order valence-corrected chi connectivity index (χ1v) is 9.77. The zero-order valence-corrected chi connectivity index (χ0v) is 17.2. The fraction of sp³-hybridized carbons (Fsp3) is 0.130. The quantitative estimate of drug-likeness (QED) is 0.375. The van der Waals surface area contributed by atoms with Crippen LogP contribution in [0, 0.1) is 0 Å². The Labute approximate surface area is 178 Å². The number of fused-ring (bicyclic) bond motifs is 1. The Morgan fingerprint density at radius 3 is 2.73 bits per heavy atom. The number of benzene rings is 2. The molecule has 4 rings (SSSR count). The van der Waals surface area contributed by atoms with Gasteiger partial charge in [-0.3, -0.25) is 4.79 Å². The highest BCUT2D eigenvalue weighted by Crippen LogP contribution is 2.37. The SMILES string of the molecule is CCOc1cc2occ(-c3ccc(Cl)cc3)c2cc1/C(C)=C/C(=O)Nc1ccon1. The average molecular weight is 423 g/mol. The molecular weight excluding hydrogens is 404 g/mol. The van der Waals surface area contributed by atoms with Crippen molar-refractivity contribution in [1.29, 1.82) is 0 Å². The first-order chi connectivity index (χ1) is 14.5. The van der Waals surface area contributed by atoms with Crippen LogP contribution in [0.15, 0.2) is 70.0 Å². The van der Waals surface area contributed by atoms with Gasteiger partial charge < -0.3 is 19.0 Å². The van der Waals surface area contributed by atoms with Crippen LogP contribution in [0.1, 0.15) is 19.4 Å². The molecule has 2 aromatic heterocycles. The van der Waals surface area contributed by atoms with E-state index in [4.69, 9.17) is 25.3 Å². The van der Waals surface area contributed by atoms with Crippen molar-refractivity contribution in [2.24, 2.45) is 0 Å². The van der Waals surface area contributed by atoms with Gasteiger partial charge in [-0.25, -0.2) is 0 Å². The highest BCUT2D eigenvalue weighted by Gasteiger charge is 2.15. The molecule has 7 heteroatoms. The number of furan rings is 1. The number of hydrogen-bond acceptors (Lipinski definition) is 5. The second-order valence-corrected chi connectivity index (χ2v) is 7.07. The van der Waals surface area contributed by atoms with Crippen molar-refractivity contribution in [3.8, 4) is 16.9 Å². The van der Waals surface area contributed by atoms with Crippen LogP contribution in [-0.2, 0) is 4.79 Å². The number of nitrogens with zero attached hydrogens (tertiary/aromatic N) is 1. The summed E-state index contributed by atoms with van der Waals surface area (Å²) in [7, 11) is 0. The van der Waals surface area contributed by atoms with Gasteiger partial charge >= 0.3 is 0 Å². The highest BCUT2D eigenvalue weighted by atomic mass is 35.5. The van der Waals surface area contributed by atoms with E-state index in [9.17, 15) is 4.79 Å². The van der Waals surface area contributed by atoms with E-state index < -0.39 is 0 Å². The van der Waals surface area contributed by atoms with Gasteiger partial charge in [-0.15, -0.1) is 0 Å². The van der Waals surface area contributed by atoms with Crippen molar-refractivity contribution in [1.82, 2.24) is 5.16 Å². The molecule has 0 aliphatic heterocycles. The van der Waals surface area contributed by atoms with Crippen LogP contribution in [-0.4, -0.2) is 17.7 Å². The smallest absolute Gasteiger partial charge is 0.249 e. The van der Waals surface area contributed by atoms with Gasteiger partial charge in [0.1, 0.15) is 17.6 Å². The number of carbonyl (C=O) groups excluding carboxylic acids is 1. The summed E-state index contributed by atoms with van der Waals surface area (Å²) in [6, 6.07) is 13.0. The molecule has 0 saturated heterocycles. The summed E-state index contributed by atoms with van der Waals surface area (Å²) in [4.78, 5) is 12.4. The molecule has 1 N–H and O–H groups in total. The van der Waals surface area contributed by atoms with Crippen molar-refractivity contribution in [2.75, 3.05) is 11.9 Å². The number of hydrogen-bond donors (Lipinski definition) is 1. The molecule has 1 amide bonds. The lowest BCUT2D eigenvalue weighted by molar-refractivity contribution is -0.111. The number of ether oxygens (including phenoxy) is 1. The maximum Gasteiger partial charge on any atom is 0.249 e. The van der Waals surface area contributed by atoms with Crippen molar-refractivity contribution in [3.05, 3.63) is 71.7 Å². The number of carbonyl (C=O) groups is 1. The molecule has 6 nitrogen and oxygen atoms in total. The van der Waals surface area contributed by atoms with E-state index in [0.29, 0.717) is 28.8 Å². The van der Waals surface area contributed by atoms with Crippen LogP contribution in [0.25, 0.3) is 27.7 Å². The zero-order valence-electron chi connectivity index (χ0n) is 16.4. The molecule has 30 heavy (non-hydrogen) atoms. The third-order valence-corrected chi connectivity index (χ3v) is 4.84. The van der Waals surface area contributed by atoms with E-state index in [1.165, 1.54) is 12.3 Å². The number of allylic oxidation sites excluding steroid dienone is 1. The standard InChI is InChI=1S/C23H19ClN2O4/c1-3-28-20-12-21-18(19(13-29-21)15-4-6-16(24)7-5-15)11-17(20)14(2)10-23(27)25-22-8-9-30-26-22/h4-13H,3H2,1-2H3,(H,25,26,27)/b14-10+. The van der Waals surface area contributed by atoms with Gasteiger partial charge in [0.15, 0.2) is 5.82 Å². The second-order valence-electron chi connectivity index (χ2n) is 6.64. The number of amides is 1. The third-order valence-electron chi connectivity index (χ3n) is 4.59. The van der Waals surface area contributed by atoms with E-state index in [-0.39, 0.29) is 5.91 Å². The Hall–Kier alpha value is -3.51. The summed E-state index contributed by atoms with van der Waals surface area (Å²) in [5.41, 5.74) is 4.16. The molecule has 0 atom stereocenters. The van der Waals surface area contributed by atoms with Gasteiger partial charge in [-0.1, -0.05) is 28.9 Å². The first kappa shape index (κ1) is 19.8. The predicted octanol–water partition coefficient (Wildman–Crippen LogP) is 6.18. The Bertz CT molecular complexity index is 1210. The van der Waals surface area contributed by atoms with E-state index in [1.807, 2.05) is 50.2 Å². The molecule has 0 spiro atoms. The monoisotopic (exact) mass is 422 g/mol. The first-order valence-electron chi connectivity index (χ1n) is 9.39. The average Bonchev–Trinajstić information content (AvgIpc) is 3.37. The molecular formula is C23H19ClN2O4. The van der Waals surface area contributed by atoms with Gasteiger partial charge in [0, 0.05) is 39.7 Å². The lowest BCUT2D eigenvalue weighted by atomic mass is 9.99. The van der Waals surface area contributed by atoms with Crippen LogP contribution in [0.4, 0.5) is 5.82 Å². The van der Waals surface area contributed by atoms with E-state index in [2.05, 4.69) is 10.5 Å². The van der Waals surface area contributed by atoms with Crippen LogP contribution in [0.2, 0.25) is 5.02 Å². The minimum Gasteiger partial charge on any atom is -0.493 e. The number of nitrogens with one attached hydrogen (secondary N) is 1. The fourth-order valence-corrected chi connectivity index (χ4v) is 3.33. The fourth-order valence-electron chi connectivity index (χ4n) is 3.20. The van der Waals surface area contributed by atoms with Gasteiger partial charge in [-0.05, 0) is 43.2 Å². The van der Waals surface area contributed by atoms with Crippen LogP contribution < -0.4 is 10.1 Å². The maximum absolute atomic E-state index is 12.4. The van der Waals surface area contributed by atoms with Crippen molar-refractivity contribution < 1.29 is 18.5 Å². The molecule has 0 aliphatic carbocycles. The van der Waals surface area contributed by atoms with Crippen molar-refractivity contribution >= 4 is 39.9 Å². The summed E-state index contributed by atoms with van der Waals surface area (Å²) in [6.45, 7) is 4.25. The third kappa shape index (κ3) is 4.09. The second kappa shape index (κ2) is 8.47. The molecule has 0 fully saturated rings. The molecule has 4 aromatic rings. The summed E-state index contributed by atoms with van der Waals surface area (Å²) in [6.07, 6.45) is 4.61. The lowest BCUT2D eigenvalue weighted by Gasteiger charge is -2.11. The molecule has 2 aromatic carbocycles. The normalized spacial score (nSPS) is 11.6. The highest BCUT2D eigenvalue weighted by molar-refractivity contribution is 6.30. The Kier molecular flexibility index (Phi) is 5.59. The summed E-state index contributed by atoms with van der Waals surface area (Å²) >= 11 is 6.02. The molecule has 2 heterocycles. The van der Waals surface area contributed by atoms with Gasteiger partial charge in [0.2, 0.25) is 5.91 Å². The zero-order chi connectivity index (χ0) is 21.1. The Balaban J connectivity index is 1.75. The number of rotatable bonds is 6. The predicted molar refractivity (Wildman–Crippen MR) is 117 cm³/mol. The van der Waals surface area contributed by atoms with E-state index in [1.54, 1.807) is 12.3 Å². The van der Waals surface area contributed by atoms with Crippen LogP contribution >= 0.6 is 11.6 Å². The van der Waals surface area contributed by atoms with Gasteiger partial charge in [0.05, 0.1) is 12.9 Å². The summed E-state index contributed by atoms with van der Waals surface area (Å²) in [5, 5.41) is 7.93. The Morgan fingerprint density at radius 2 is 2.03 bits per heavy atom. The van der Waals surface area contributed by atoms with Gasteiger partial charge in [-0.2, -0.15) is 0 Å². The van der Waals surface area contributed by atoms with E-state index >= 15 is 0 Å². The number of halogens is 1. The summed E-state index contributed by atoms with van der Waals surface area (Å²) in [5.74, 6) is 0.684. The molecule has 0 bridgehead atoms. The largest absolute Gasteiger partial charge is 0.493 e. The number of aromatic nitrogens is 1. The van der Waals surface area contributed by atoms with Crippen molar-refractivity contribution in [2.45, 2.75) is 13.8 Å². The van der Waals surface area contributed by atoms with E-state index in [0.717, 1.165) is 27.6 Å². The topological polar surface area (TPSA) is 77.5 Å². The number of anilines is 1. The molecule has 0 unspecified atom stereocenters.